The lowest BCUT2D eigenvalue weighted by molar-refractivity contribution is 0.628. The Morgan fingerprint density at radius 2 is 2.16 bits per heavy atom. The fourth-order valence-corrected chi connectivity index (χ4v) is 2.20. The van der Waals surface area contributed by atoms with Crippen LogP contribution in [0.2, 0.25) is 5.02 Å². The van der Waals surface area contributed by atoms with Gasteiger partial charge in [-0.05, 0) is 30.3 Å². The Morgan fingerprint density at radius 1 is 1.26 bits per heavy atom. The number of aromatic nitrogens is 2. The molecule has 3 rings (SSSR count). The molecule has 5 heteroatoms. The largest absolute Gasteiger partial charge is 0.381 e. The third-order valence-corrected chi connectivity index (χ3v) is 3.07. The van der Waals surface area contributed by atoms with Crippen molar-refractivity contribution in [2.24, 2.45) is 0 Å². The van der Waals surface area contributed by atoms with E-state index in [0.29, 0.717) is 17.3 Å². The number of hydrogen-bond acceptors (Lipinski definition) is 2. The van der Waals surface area contributed by atoms with Gasteiger partial charge in [0.2, 0.25) is 0 Å². The molecule has 3 aromatic rings. The zero-order valence-corrected chi connectivity index (χ0v) is 10.7. The van der Waals surface area contributed by atoms with Crippen molar-refractivity contribution in [2.75, 3.05) is 5.32 Å². The predicted molar refractivity (Wildman–Crippen MR) is 73.9 cm³/mol. The number of benzene rings is 1. The molecule has 0 aliphatic heterocycles. The van der Waals surface area contributed by atoms with Crippen molar-refractivity contribution in [2.45, 2.75) is 6.54 Å². The summed E-state index contributed by atoms with van der Waals surface area (Å²) >= 11 is 5.81. The molecule has 0 aliphatic carbocycles. The van der Waals surface area contributed by atoms with Gasteiger partial charge in [-0.15, -0.1) is 0 Å². The van der Waals surface area contributed by atoms with Gasteiger partial charge < -0.3 is 5.32 Å². The van der Waals surface area contributed by atoms with Gasteiger partial charge in [0.1, 0.15) is 5.82 Å². The van der Waals surface area contributed by atoms with Crippen molar-refractivity contribution >= 4 is 22.8 Å². The molecule has 3 nitrogen and oxygen atoms in total. The highest BCUT2D eigenvalue weighted by molar-refractivity contribution is 6.30. The molecule has 1 N–H and O–H groups in total. The molecular weight excluding hydrogens is 265 g/mol. The minimum absolute atomic E-state index is 0.352. The highest BCUT2D eigenvalue weighted by Gasteiger charge is 2.04. The first-order valence-electron chi connectivity index (χ1n) is 5.83. The quantitative estimate of drug-likeness (QED) is 0.789. The van der Waals surface area contributed by atoms with Crippen molar-refractivity contribution < 1.29 is 4.39 Å². The molecule has 2 aromatic heterocycles. The summed E-state index contributed by atoms with van der Waals surface area (Å²) in [6.07, 6.45) is 3.68. The van der Waals surface area contributed by atoms with Gasteiger partial charge >= 0.3 is 0 Å². The summed E-state index contributed by atoms with van der Waals surface area (Å²) in [6, 6.07) is 10.3. The highest BCUT2D eigenvalue weighted by atomic mass is 35.5. The van der Waals surface area contributed by atoms with Gasteiger partial charge in [0.05, 0.1) is 11.7 Å². The van der Waals surface area contributed by atoms with E-state index < -0.39 is 0 Å². The van der Waals surface area contributed by atoms with Gasteiger partial charge in [0.25, 0.3) is 0 Å². The average Bonchev–Trinajstić information content (AvgIpc) is 2.78. The maximum atomic E-state index is 13.2. The first-order valence-corrected chi connectivity index (χ1v) is 6.21. The fraction of sp³-hybridized carbons (Fsp3) is 0.0714. The molecule has 96 valence electrons. The number of fused-ring (bicyclic) bond motifs is 1. The number of halogens is 2. The molecule has 19 heavy (non-hydrogen) atoms. The van der Waals surface area contributed by atoms with Crippen LogP contribution in [0.4, 0.5) is 10.1 Å². The number of rotatable bonds is 3. The minimum Gasteiger partial charge on any atom is -0.381 e. The summed E-state index contributed by atoms with van der Waals surface area (Å²) < 4.78 is 15.0. The van der Waals surface area contributed by atoms with Gasteiger partial charge in [0, 0.05) is 29.0 Å². The second-order valence-electron chi connectivity index (χ2n) is 4.21. The van der Waals surface area contributed by atoms with Gasteiger partial charge in [-0.1, -0.05) is 17.7 Å². The van der Waals surface area contributed by atoms with E-state index in [1.807, 2.05) is 24.4 Å². The van der Waals surface area contributed by atoms with Crippen molar-refractivity contribution in [3.63, 3.8) is 0 Å². The molecule has 0 amide bonds. The summed E-state index contributed by atoms with van der Waals surface area (Å²) in [6.45, 7) is 0.563. The predicted octanol–water partition coefficient (Wildman–Crippen LogP) is 3.74. The summed E-state index contributed by atoms with van der Waals surface area (Å²) in [5.74, 6) is -0.352. The SMILES string of the molecule is Fc1cc(Cl)cc(NCc2cnn3ccccc23)c1. The minimum atomic E-state index is -0.352. The highest BCUT2D eigenvalue weighted by Crippen LogP contribution is 2.19. The number of nitrogens with one attached hydrogen (secondary N) is 1. The molecule has 0 atom stereocenters. The van der Waals surface area contributed by atoms with E-state index in [2.05, 4.69) is 10.4 Å². The second kappa shape index (κ2) is 4.90. The standard InChI is InChI=1S/C14H11ClFN3/c15-11-5-12(16)7-13(6-11)17-8-10-9-18-19-4-2-1-3-14(10)19/h1-7,9,17H,8H2. The van der Waals surface area contributed by atoms with Gasteiger partial charge in [0.15, 0.2) is 0 Å². The van der Waals surface area contributed by atoms with E-state index in [1.165, 1.54) is 12.1 Å². The van der Waals surface area contributed by atoms with Crippen LogP contribution in [0.25, 0.3) is 5.52 Å². The Morgan fingerprint density at radius 3 is 3.00 bits per heavy atom. The van der Waals surface area contributed by atoms with Crippen LogP contribution in [-0.4, -0.2) is 9.61 Å². The lowest BCUT2D eigenvalue weighted by Crippen LogP contribution is -1.99. The van der Waals surface area contributed by atoms with Crippen LogP contribution >= 0.6 is 11.6 Å². The van der Waals surface area contributed by atoms with E-state index in [9.17, 15) is 4.39 Å². The van der Waals surface area contributed by atoms with Crippen LogP contribution in [0.3, 0.4) is 0 Å². The van der Waals surface area contributed by atoms with Crippen LogP contribution in [-0.2, 0) is 6.54 Å². The van der Waals surface area contributed by atoms with Gasteiger partial charge in [-0.2, -0.15) is 5.10 Å². The third-order valence-electron chi connectivity index (χ3n) is 2.85. The average molecular weight is 276 g/mol. The van der Waals surface area contributed by atoms with E-state index in [4.69, 9.17) is 11.6 Å². The first kappa shape index (κ1) is 12.0. The molecule has 0 bridgehead atoms. The number of anilines is 1. The zero-order chi connectivity index (χ0) is 13.2. The monoisotopic (exact) mass is 275 g/mol. The molecule has 0 aliphatic rings. The summed E-state index contributed by atoms with van der Waals surface area (Å²) in [4.78, 5) is 0. The van der Waals surface area contributed by atoms with Crippen LogP contribution in [0.5, 0.6) is 0 Å². The number of hydrogen-bond donors (Lipinski definition) is 1. The lowest BCUT2D eigenvalue weighted by atomic mass is 10.2. The van der Waals surface area contributed by atoms with E-state index in [1.54, 1.807) is 16.8 Å². The van der Waals surface area contributed by atoms with E-state index in [-0.39, 0.29) is 5.82 Å². The Hall–Kier alpha value is -2.07. The fourth-order valence-electron chi connectivity index (χ4n) is 1.98. The van der Waals surface area contributed by atoms with Crippen molar-refractivity contribution in [3.8, 4) is 0 Å². The first-order chi connectivity index (χ1) is 9.22. The second-order valence-corrected chi connectivity index (χ2v) is 4.65. The Balaban J connectivity index is 1.82. The van der Waals surface area contributed by atoms with Gasteiger partial charge in [-0.3, -0.25) is 0 Å². The molecule has 0 saturated heterocycles. The summed E-state index contributed by atoms with van der Waals surface area (Å²) in [7, 11) is 0. The Kier molecular flexibility index (Phi) is 3.09. The molecule has 2 heterocycles. The summed E-state index contributed by atoms with van der Waals surface area (Å²) in [5.41, 5.74) is 2.72. The molecule has 0 spiro atoms. The van der Waals surface area contributed by atoms with Crippen LogP contribution < -0.4 is 5.32 Å². The third kappa shape index (κ3) is 2.53. The van der Waals surface area contributed by atoms with Crippen LogP contribution in [0, 0.1) is 5.82 Å². The van der Waals surface area contributed by atoms with Crippen molar-refractivity contribution in [3.05, 3.63) is 65.2 Å². The van der Waals surface area contributed by atoms with E-state index >= 15 is 0 Å². The van der Waals surface area contributed by atoms with Crippen LogP contribution in [0.15, 0.2) is 48.8 Å². The molecule has 0 unspecified atom stereocenters. The van der Waals surface area contributed by atoms with Crippen LogP contribution in [0.1, 0.15) is 5.56 Å². The Labute approximate surface area is 114 Å². The molecule has 0 radical (unpaired) electrons. The van der Waals surface area contributed by atoms with Gasteiger partial charge in [-0.25, -0.2) is 8.91 Å². The number of pyridine rings is 1. The van der Waals surface area contributed by atoms with E-state index in [0.717, 1.165) is 11.1 Å². The molecule has 0 fully saturated rings. The van der Waals surface area contributed by atoms with Crippen molar-refractivity contribution in [1.29, 1.82) is 0 Å². The Bertz CT molecular complexity index is 703. The normalized spacial score (nSPS) is 10.8. The molecule has 1 aromatic carbocycles. The molecular formula is C14H11ClFN3. The maximum absolute atomic E-state index is 13.2. The number of nitrogens with zero attached hydrogens (tertiary/aromatic N) is 2. The van der Waals surface area contributed by atoms with Crippen molar-refractivity contribution in [1.82, 2.24) is 9.61 Å². The lowest BCUT2D eigenvalue weighted by Gasteiger charge is -2.06. The zero-order valence-electron chi connectivity index (χ0n) is 9.98. The molecule has 0 saturated carbocycles. The topological polar surface area (TPSA) is 29.3 Å². The maximum Gasteiger partial charge on any atom is 0.126 e. The summed E-state index contributed by atoms with van der Waals surface area (Å²) in [5, 5.41) is 7.76. The smallest absolute Gasteiger partial charge is 0.126 e.